The Kier molecular flexibility index (Phi) is 4.21. The maximum absolute atomic E-state index is 11.6. The van der Waals surface area contributed by atoms with E-state index in [1.165, 1.54) is 7.11 Å². The van der Waals surface area contributed by atoms with E-state index >= 15 is 0 Å². The number of halogens is 1. The molecule has 0 spiro atoms. The summed E-state index contributed by atoms with van der Waals surface area (Å²) in [6.45, 7) is 1.88. The Hall–Kier alpha value is -2.53. The smallest absolute Gasteiger partial charge is 0.341 e. The Morgan fingerprint density at radius 1 is 1.35 bits per heavy atom. The van der Waals surface area contributed by atoms with E-state index in [1.54, 1.807) is 31.3 Å². The van der Waals surface area contributed by atoms with Crippen LogP contribution in [0.25, 0.3) is 10.9 Å². The Bertz CT molecular complexity index is 872. The Balaban J connectivity index is 1.84. The number of fused-ring (bicyclic) bond motifs is 1. The summed E-state index contributed by atoms with van der Waals surface area (Å²) in [7, 11) is 1.33. The zero-order valence-electron chi connectivity index (χ0n) is 12.6. The molecule has 0 bridgehead atoms. The lowest BCUT2D eigenvalue weighted by molar-refractivity contribution is 0.0599. The molecule has 2 aromatic heterocycles. The molecule has 0 aliphatic rings. The second-order valence-electron chi connectivity index (χ2n) is 4.91. The van der Waals surface area contributed by atoms with E-state index in [9.17, 15) is 4.79 Å². The van der Waals surface area contributed by atoms with Gasteiger partial charge in [0.1, 0.15) is 35.0 Å². The lowest BCUT2D eigenvalue weighted by atomic mass is 10.2. The molecule has 0 N–H and O–H groups in total. The molecular weight excluding hydrogens is 318 g/mol. The largest absolute Gasteiger partial charge is 0.483 e. The molecule has 0 aliphatic carbocycles. The molecule has 3 rings (SSSR count). The van der Waals surface area contributed by atoms with Crippen molar-refractivity contribution >= 4 is 28.5 Å². The summed E-state index contributed by atoms with van der Waals surface area (Å²) in [5, 5.41) is 1.43. The maximum Gasteiger partial charge on any atom is 0.341 e. The van der Waals surface area contributed by atoms with Crippen LogP contribution in [-0.4, -0.2) is 18.1 Å². The topological polar surface area (TPSA) is 61.6 Å². The van der Waals surface area contributed by atoms with Crippen molar-refractivity contribution in [2.45, 2.75) is 13.5 Å². The summed E-state index contributed by atoms with van der Waals surface area (Å²) < 4.78 is 16.0. The van der Waals surface area contributed by atoms with Crippen molar-refractivity contribution in [3.05, 3.63) is 58.6 Å². The van der Waals surface area contributed by atoms with E-state index < -0.39 is 5.97 Å². The van der Waals surface area contributed by atoms with Crippen LogP contribution in [0, 0.1) is 6.92 Å². The molecule has 0 saturated heterocycles. The van der Waals surface area contributed by atoms with Gasteiger partial charge in [0.15, 0.2) is 0 Å². The third-order valence-electron chi connectivity index (χ3n) is 3.42. The van der Waals surface area contributed by atoms with Crippen LogP contribution in [0.2, 0.25) is 5.02 Å². The summed E-state index contributed by atoms with van der Waals surface area (Å²) in [5.41, 5.74) is 1.07. The molecule has 5 nitrogen and oxygen atoms in total. The van der Waals surface area contributed by atoms with Crippen LogP contribution < -0.4 is 4.74 Å². The standard InChI is InChI=1S/C17H14ClNO4/c1-10-13(17(20)21-2)8-11(23-10)9-22-15-6-5-14(18)12-4-3-7-19-16(12)15/h3-8H,9H2,1-2H3. The average Bonchev–Trinajstić information content (AvgIpc) is 2.95. The predicted molar refractivity (Wildman–Crippen MR) is 85.9 cm³/mol. The molecule has 23 heavy (non-hydrogen) atoms. The minimum absolute atomic E-state index is 0.172. The van der Waals surface area contributed by atoms with Gasteiger partial charge in [0.2, 0.25) is 0 Å². The number of esters is 1. The predicted octanol–water partition coefficient (Wildman–Crippen LogP) is 4.16. The summed E-state index contributed by atoms with van der Waals surface area (Å²) >= 11 is 6.16. The lowest BCUT2D eigenvalue weighted by Gasteiger charge is -2.08. The van der Waals surface area contributed by atoms with E-state index in [0.29, 0.717) is 33.4 Å². The Morgan fingerprint density at radius 2 is 2.17 bits per heavy atom. The van der Waals surface area contributed by atoms with E-state index in [-0.39, 0.29) is 6.61 Å². The van der Waals surface area contributed by atoms with Crippen molar-refractivity contribution in [2.24, 2.45) is 0 Å². The van der Waals surface area contributed by atoms with Gasteiger partial charge in [-0.1, -0.05) is 11.6 Å². The number of ether oxygens (including phenoxy) is 2. The van der Waals surface area contributed by atoms with Crippen LogP contribution in [0.1, 0.15) is 21.9 Å². The Labute approximate surface area is 137 Å². The average molecular weight is 332 g/mol. The molecule has 2 heterocycles. The highest BCUT2D eigenvalue weighted by Crippen LogP contribution is 2.30. The number of hydrogen-bond donors (Lipinski definition) is 0. The van der Waals surface area contributed by atoms with Crippen LogP contribution >= 0.6 is 11.6 Å². The fourth-order valence-corrected chi connectivity index (χ4v) is 2.52. The van der Waals surface area contributed by atoms with Crippen LogP contribution in [0.15, 0.2) is 40.9 Å². The molecule has 0 saturated carbocycles. The first-order valence-electron chi connectivity index (χ1n) is 6.94. The highest BCUT2D eigenvalue weighted by Gasteiger charge is 2.16. The minimum Gasteiger partial charge on any atom is -0.483 e. The van der Waals surface area contributed by atoms with Crippen molar-refractivity contribution in [3.63, 3.8) is 0 Å². The molecule has 0 aliphatic heterocycles. The molecule has 0 radical (unpaired) electrons. The van der Waals surface area contributed by atoms with Gasteiger partial charge in [-0.05, 0) is 37.3 Å². The highest BCUT2D eigenvalue weighted by atomic mass is 35.5. The molecule has 6 heteroatoms. The van der Waals surface area contributed by atoms with Gasteiger partial charge in [-0.15, -0.1) is 0 Å². The first-order valence-corrected chi connectivity index (χ1v) is 7.31. The van der Waals surface area contributed by atoms with Crippen LogP contribution in [0.3, 0.4) is 0 Å². The van der Waals surface area contributed by atoms with Crippen molar-refractivity contribution in [1.29, 1.82) is 0 Å². The number of hydrogen-bond acceptors (Lipinski definition) is 5. The first-order chi connectivity index (χ1) is 11.1. The molecule has 1 aromatic carbocycles. The number of nitrogens with zero attached hydrogens (tertiary/aromatic N) is 1. The van der Waals surface area contributed by atoms with Gasteiger partial charge >= 0.3 is 5.97 Å². The number of furan rings is 1. The van der Waals surface area contributed by atoms with E-state index in [4.69, 9.17) is 25.5 Å². The third-order valence-corrected chi connectivity index (χ3v) is 3.75. The van der Waals surface area contributed by atoms with Crippen LogP contribution in [-0.2, 0) is 11.3 Å². The molecule has 0 atom stereocenters. The van der Waals surface area contributed by atoms with E-state index in [1.807, 2.05) is 12.1 Å². The SMILES string of the molecule is COC(=O)c1cc(COc2ccc(Cl)c3cccnc23)oc1C. The zero-order chi connectivity index (χ0) is 16.4. The van der Waals surface area contributed by atoms with E-state index in [0.717, 1.165) is 5.39 Å². The molecule has 0 fully saturated rings. The number of rotatable bonds is 4. The van der Waals surface area contributed by atoms with Gasteiger partial charge in [0.05, 0.1) is 12.1 Å². The highest BCUT2D eigenvalue weighted by molar-refractivity contribution is 6.35. The summed E-state index contributed by atoms with van der Waals surface area (Å²) in [4.78, 5) is 15.9. The quantitative estimate of drug-likeness (QED) is 0.672. The lowest BCUT2D eigenvalue weighted by Crippen LogP contribution is -2.00. The Morgan fingerprint density at radius 3 is 2.96 bits per heavy atom. The number of aromatic nitrogens is 1. The van der Waals surface area contributed by atoms with Gasteiger partial charge < -0.3 is 13.9 Å². The number of aryl methyl sites for hydroxylation is 1. The minimum atomic E-state index is -0.434. The second kappa shape index (κ2) is 6.30. The third kappa shape index (κ3) is 3.00. The molecular formula is C17H14ClNO4. The van der Waals surface area contributed by atoms with E-state index in [2.05, 4.69) is 4.98 Å². The van der Waals surface area contributed by atoms with Crippen molar-refractivity contribution < 1.29 is 18.7 Å². The normalized spacial score (nSPS) is 10.7. The number of carbonyl (C=O) groups is 1. The van der Waals surface area contributed by atoms with Crippen molar-refractivity contribution in [1.82, 2.24) is 4.98 Å². The summed E-state index contributed by atoms with van der Waals surface area (Å²) in [5.74, 6) is 1.19. The van der Waals surface area contributed by atoms with Gasteiger partial charge in [-0.2, -0.15) is 0 Å². The number of carbonyl (C=O) groups excluding carboxylic acids is 1. The van der Waals surface area contributed by atoms with Gasteiger partial charge in [-0.25, -0.2) is 4.79 Å². The monoisotopic (exact) mass is 331 g/mol. The number of methoxy groups -OCH3 is 1. The van der Waals surface area contributed by atoms with Gasteiger partial charge in [0.25, 0.3) is 0 Å². The van der Waals surface area contributed by atoms with Gasteiger partial charge in [0, 0.05) is 11.6 Å². The summed E-state index contributed by atoms with van der Waals surface area (Å²) in [6.07, 6.45) is 1.68. The summed E-state index contributed by atoms with van der Waals surface area (Å²) in [6, 6.07) is 8.83. The van der Waals surface area contributed by atoms with Crippen LogP contribution in [0.5, 0.6) is 5.75 Å². The van der Waals surface area contributed by atoms with Gasteiger partial charge in [-0.3, -0.25) is 4.98 Å². The first kappa shape index (κ1) is 15.4. The second-order valence-corrected chi connectivity index (χ2v) is 5.32. The molecule has 0 unspecified atom stereocenters. The van der Waals surface area contributed by atoms with Crippen LogP contribution in [0.4, 0.5) is 0 Å². The number of benzene rings is 1. The fraction of sp³-hybridized carbons (Fsp3) is 0.176. The fourth-order valence-electron chi connectivity index (χ4n) is 2.30. The molecule has 118 valence electrons. The molecule has 0 amide bonds. The zero-order valence-corrected chi connectivity index (χ0v) is 13.4. The maximum atomic E-state index is 11.6. The molecule has 3 aromatic rings. The number of pyridine rings is 1. The van der Waals surface area contributed by atoms with Crippen molar-refractivity contribution in [2.75, 3.05) is 7.11 Å². The van der Waals surface area contributed by atoms with Crippen molar-refractivity contribution in [3.8, 4) is 5.75 Å².